The van der Waals surface area contributed by atoms with Gasteiger partial charge >= 0.3 is 0 Å². The van der Waals surface area contributed by atoms with Crippen molar-refractivity contribution in [3.63, 3.8) is 0 Å². The summed E-state index contributed by atoms with van der Waals surface area (Å²) in [6, 6.07) is 7.60. The molecule has 0 aliphatic heterocycles. The highest BCUT2D eigenvalue weighted by atomic mass is 19.1. The van der Waals surface area contributed by atoms with E-state index in [4.69, 9.17) is 5.73 Å². The number of nitrogens with two attached hydrogens (primary N) is 1. The Hall–Kier alpha value is -0.930. The maximum Gasteiger partial charge on any atom is 0.123 e. The summed E-state index contributed by atoms with van der Waals surface area (Å²) in [5.74, 6) is -0.156. The summed E-state index contributed by atoms with van der Waals surface area (Å²) in [6.07, 6.45) is 9.06. The van der Waals surface area contributed by atoms with Gasteiger partial charge in [0.2, 0.25) is 0 Å². The van der Waals surface area contributed by atoms with Crippen molar-refractivity contribution in [2.75, 3.05) is 13.1 Å². The highest BCUT2D eigenvalue weighted by molar-refractivity contribution is 5.16. The van der Waals surface area contributed by atoms with Crippen molar-refractivity contribution >= 4 is 0 Å². The lowest BCUT2D eigenvalue weighted by Gasteiger charge is -2.31. The fourth-order valence-corrected chi connectivity index (χ4v) is 3.13. The first kappa shape index (κ1) is 15.5. The van der Waals surface area contributed by atoms with Crippen LogP contribution in [0, 0.1) is 5.82 Å². The van der Waals surface area contributed by atoms with Gasteiger partial charge in [-0.3, -0.25) is 4.90 Å². The fourth-order valence-electron chi connectivity index (χ4n) is 3.13. The molecular formula is C17H27FN2. The van der Waals surface area contributed by atoms with E-state index >= 15 is 0 Å². The van der Waals surface area contributed by atoms with Gasteiger partial charge in [0.1, 0.15) is 5.82 Å². The number of nitrogens with zero attached hydrogens (tertiary/aromatic N) is 1. The minimum Gasteiger partial charge on any atom is -0.330 e. The van der Waals surface area contributed by atoms with Gasteiger partial charge in [-0.2, -0.15) is 0 Å². The first-order chi connectivity index (χ1) is 9.79. The van der Waals surface area contributed by atoms with Gasteiger partial charge in [-0.25, -0.2) is 4.39 Å². The zero-order valence-corrected chi connectivity index (χ0v) is 12.4. The van der Waals surface area contributed by atoms with Crippen LogP contribution in [0.4, 0.5) is 4.39 Å². The van der Waals surface area contributed by atoms with E-state index in [1.165, 1.54) is 44.1 Å². The highest BCUT2D eigenvalue weighted by Gasteiger charge is 2.19. The van der Waals surface area contributed by atoms with Crippen LogP contribution >= 0.6 is 0 Å². The summed E-state index contributed by atoms with van der Waals surface area (Å²) in [5, 5.41) is 0. The van der Waals surface area contributed by atoms with Crippen molar-refractivity contribution in [1.29, 1.82) is 0 Å². The van der Waals surface area contributed by atoms with Gasteiger partial charge in [0.25, 0.3) is 0 Å². The fraction of sp³-hybridized carbons (Fsp3) is 0.647. The molecule has 0 aromatic heterocycles. The predicted molar refractivity (Wildman–Crippen MR) is 82.0 cm³/mol. The largest absolute Gasteiger partial charge is 0.330 e. The SMILES string of the molecule is NCCCN(Cc1ccc(F)cc1)C1CCCCCC1. The third-order valence-corrected chi connectivity index (χ3v) is 4.29. The van der Waals surface area contributed by atoms with Gasteiger partial charge in [0, 0.05) is 12.6 Å². The summed E-state index contributed by atoms with van der Waals surface area (Å²) in [4.78, 5) is 2.56. The maximum absolute atomic E-state index is 13.0. The Bertz CT molecular complexity index is 369. The smallest absolute Gasteiger partial charge is 0.123 e. The summed E-state index contributed by atoms with van der Waals surface area (Å²) in [6.45, 7) is 2.72. The lowest BCUT2D eigenvalue weighted by molar-refractivity contribution is 0.169. The minimum atomic E-state index is -0.156. The molecule has 0 spiro atoms. The molecule has 1 aromatic carbocycles. The number of rotatable bonds is 6. The van der Waals surface area contributed by atoms with E-state index in [9.17, 15) is 4.39 Å². The molecule has 20 heavy (non-hydrogen) atoms. The first-order valence-corrected chi connectivity index (χ1v) is 7.98. The Labute approximate surface area is 122 Å². The molecule has 1 fully saturated rings. The molecular weight excluding hydrogens is 251 g/mol. The number of benzene rings is 1. The van der Waals surface area contributed by atoms with Gasteiger partial charge in [0.15, 0.2) is 0 Å². The lowest BCUT2D eigenvalue weighted by Crippen LogP contribution is -2.36. The van der Waals surface area contributed by atoms with E-state index in [0.717, 1.165) is 26.1 Å². The van der Waals surface area contributed by atoms with Gasteiger partial charge in [-0.15, -0.1) is 0 Å². The van der Waals surface area contributed by atoms with Crippen molar-refractivity contribution in [2.24, 2.45) is 5.73 Å². The minimum absolute atomic E-state index is 0.156. The van der Waals surface area contributed by atoms with Gasteiger partial charge in [-0.1, -0.05) is 37.8 Å². The van der Waals surface area contributed by atoms with E-state index in [-0.39, 0.29) is 5.82 Å². The maximum atomic E-state index is 13.0. The average molecular weight is 278 g/mol. The third kappa shape index (κ3) is 4.88. The topological polar surface area (TPSA) is 29.3 Å². The van der Waals surface area contributed by atoms with Crippen LogP contribution < -0.4 is 5.73 Å². The van der Waals surface area contributed by atoms with Crippen LogP contribution in [0.15, 0.2) is 24.3 Å². The van der Waals surface area contributed by atoms with Crippen LogP contribution in [0.3, 0.4) is 0 Å². The van der Waals surface area contributed by atoms with Crippen LogP contribution in [-0.2, 0) is 6.54 Å². The third-order valence-electron chi connectivity index (χ3n) is 4.29. The molecule has 2 N–H and O–H groups in total. The van der Waals surface area contributed by atoms with E-state index in [1.807, 2.05) is 12.1 Å². The van der Waals surface area contributed by atoms with Crippen LogP contribution in [0.25, 0.3) is 0 Å². The molecule has 0 atom stereocenters. The summed E-state index contributed by atoms with van der Waals surface area (Å²) in [5.41, 5.74) is 6.88. The molecule has 0 heterocycles. The molecule has 1 aliphatic carbocycles. The predicted octanol–water partition coefficient (Wildman–Crippen LogP) is 3.70. The monoisotopic (exact) mass is 278 g/mol. The molecule has 1 aromatic rings. The molecule has 3 heteroatoms. The zero-order chi connectivity index (χ0) is 14.2. The normalized spacial score (nSPS) is 17.4. The number of hydrogen-bond acceptors (Lipinski definition) is 2. The zero-order valence-electron chi connectivity index (χ0n) is 12.4. The summed E-state index contributed by atoms with van der Waals surface area (Å²) >= 11 is 0. The second kappa shape index (κ2) is 8.38. The molecule has 1 aliphatic rings. The van der Waals surface area contributed by atoms with Crippen LogP contribution in [0.1, 0.15) is 50.5 Å². The van der Waals surface area contributed by atoms with Crippen molar-refractivity contribution in [3.05, 3.63) is 35.6 Å². The molecule has 0 amide bonds. The standard InChI is InChI=1S/C17H27FN2/c18-16-10-8-15(9-11-16)14-20(13-5-12-19)17-6-3-1-2-4-7-17/h8-11,17H,1-7,12-14,19H2. The highest BCUT2D eigenvalue weighted by Crippen LogP contribution is 2.23. The molecule has 2 rings (SSSR count). The molecule has 0 saturated heterocycles. The Kier molecular flexibility index (Phi) is 6.48. The Morgan fingerprint density at radius 3 is 2.30 bits per heavy atom. The van der Waals surface area contributed by atoms with Crippen molar-refractivity contribution in [1.82, 2.24) is 4.90 Å². The van der Waals surface area contributed by atoms with Crippen molar-refractivity contribution in [2.45, 2.75) is 57.5 Å². The van der Waals surface area contributed by atoms with Gasteiger partial charge < -0.3 is 5.73 Å². The Balaban J connectivity index is 1.99. The quantitative estimate of drug-likeness (QED) is 0.804. The Morgan fingerprint density at radius 2 is 1.70 bits per heavy atom. The Morgan fingerprint density at radius 1 is 1.05 bits per heavy atom. The number of hydrogen-bond donors (Lipinski definition) is 1. The summed E-state index contributed by atoms with van der Waals surface area (Å²) < 4.78 is 13.0. The average Bonchev–Trinajstić information content (AvgIpc) is 2.74. The summed E-state index contributed by atoms with van der Waals surface area (Å²) in [7, 11) is 0. The van der Waals surface area contributed by atoms with Crippen molar-refractivity contribution < 1.29 is 4.39 Å². The van der Waals surface area contributed by atoms with E-state index in [0.29, 0.717) is 6.04 Å². The second-order valence-corrected chi connectivity index (χ2v) is 5.88. The molecule has 0 radical (unpaired) electrons. The van der Waals surface area contributed by atoms with Crippen LogP contribution in [-0.4, -0.2) is 24.0 Å². The van der Waals surface area contributed by atoms with E-state index in [1.54, 1.807) is 12.1 Å². The van der Waals surface area contributed by atoms with Crippen LogP contribution in [0.2, 0.25) is 0 Å². The van der Waals surface area contributed by atoms with Gasteiger partial charge in [0.05, 0.1) is 0 Å². The van der Waals surface area contributed by atoms with E-state index in [2.05, 4.69) is 4.90 Å². The molecule has 0 unspecified atom stereocenters. The van der Waals surface area contributed by atoms with E-state index < -0.39 is 0 Å². The van der Waals surface area contributed by atoms with Crippen molar-refractivity contribution in [3.8, 4) is 0 Å². The lowest BCUT2D eigenvalue weighted by atomic mass is 10.1. The second-order valence-electron chi connectivity index (χ2n) is 5.88. The molecule has 112 valence electrons. The molecule has 2 nitrogen and oxygen atoms in total. The van der Waals surface area contributed by atoms with Crippen LogP contribution in [0.5, 0.6) is 0 Å². The first-order valence-electron chi connectivity index (χ1n) is 7.98. The van der Waals surface area contributed by atoms with Gasteiger partial charge in [-0.05, 0) is 50.0 Å². The molecule has 1 saturated carbocycles. The molecule has 0 bridgehead atoms. The number of halogens is 1.